The molecule has 0 aliphatic rings. The van der Waals surface area contributed by atoms with Crippen molar-refractivity contribution in [1.29, 1.82) is 5.26 Å². The molecule has 0 N–H and O–H groups in total. The SMILES string of the molecule is COCCCN(C)CCOc1ccccc1C#N. The summed E-state index contributed by atoms with van der Waals surface area (Å²) < 4.78 is 10.6. The second kappa shape index (κ2) is 8.51. The molecule has 1 aromatic carbocycles. The van der Waals surface area contributed by atoms with Gasteiger partial charge in [0.2, 0.25) is 0 Å². The molecule has 0 saturated heterocycles. The molecule has 4 nitrogen and oxygen atoms in total. The lowest BCUT2D eigenvalue weighted by Crippen LogP contribution is -2.26. The zero-order valence-electron chi connectivity index (χ0n) is 11.1. The molecular formula is C14H20N2O2. The maximum Gasteiger partial charge on any atom is 0.137 e. The number of ether oxygens (including phenoxy) is 2. The molecular weight excluding hydrogens is 228 g/mol. The largest absolute Gasteiger partial charge is 0.491 e. The van der Waals surface area contributed by atoms with E-state index in [1.807, 2.05) is 18.2 Å². The Bertz CT molecular complexity index is 388. The highest BCUT2D eigenvalue weighted by Crippen LogP contribution is 2.16. The molecule has 0 heterocycles. The highest BCUT2D eigenvalue weighted by atomic mass is 16.5. The van der Waals surface area contributed by atoms with Crippen molar-refractivity contribution in [1.82, 2.24) is 4.90 Å². The van der Waals surface area contributed by atoms with Gasteiger partial charge < -0.3 is 14.4 Å². The smallest absolute Gasteiger partial charge is 0.137 e. The highest BCUT2D eigenvalue weighted by molar-refractivity contribution is 5.42. The number of nitrogens with zero attached hydrogens (tertiary/aromatic N) is 2. The molecule has 0 amide bonds. The fraction of sp³-hybridized carbons (Fsp3) is 0.500. The number of hydrogen-bond donors (Lipinski definition) is 0. The maximum absolute atomic E-state index is 8.92. The van der Waals surface area contributed by atoms with Gasteiger partial charge in [-0.15, -0.1) is 0 Å². The summed E-state index contributed by atoms with van der Waals surface area (Å²) in [6, 6.07) is 9.41. The minimum Gasteiger partial charge on any atom is -0.491 e. The lowest BCUT2D eigenvalue weighted by molar-refractivity contribution is 0.172. The van der Waals surface area contributed by atoms with E-state index in [1.165, 1.54) is 0 Å². The standard InChI is InChI=1S/C14H20N2O2/c1-16(8-5-10-17-2)9-11-18-14-7-4-3-6-13(14)12-15/h3-4,6-7H,5,8-11H2,1-2H3. The van der Waals surface area contributed by atoms with Crippen LogP contribution in [-0.2, 0) is 4.74 Å². The molecule has 0 spiro atoms. The summed E-state index contributed by atoms with van der Waals surface area (Å²) >= 11 is 0. The van der Waals surface area contributed by atoms with Gasteiger partial charge in [0, 0.05) is 26.8 Å². The van der Waals surface area contributed by atoms with Gasteiger partial charge in [0.25, 0.3) is 0 Å². The minimum absolute atomic E-state index is 0.583. The first-order valence-corrected chi connectivity index (χ1v) is 6.07. The van der Waals surface area contributed by atoms with E-state index in [9.17, 15) is 0 Å². The number of likely N-dealkylation sites (N-methyl/N-ethyl adjacent to an activating group) is 1. The number of methoxy groups -OCH3 is 1. The third-order valence-corrected chi connectivity index (χ3v) is 2.63. The van der Waals surface area contributed by atoms with Gasteiger partial charge in [-0.05, 0) is 25.6 Å². The molecule has 1 rings (SSSR count). The molecule has 0 aromatic heterocycles. The van der Waals surface area contributed by atoms with E-state index in [-0.39, 0.29) is 0 Å². The van der Waals surface area contributed by atoms with E-state index in [2.05, 4.69) is 18.0 Å². The average Bonchev–Trinajstić information content (AvgIpc) is 2.39. The molecule has 0 fully saturated rings. The van der Waals surface area contributed by atoms with Gasteiger partial charge in [0.05, 0.1) is 5.56 Å². The number of benzene rings is 1. The van der Waals surface area contributed by atoms with Crippen molar-refractivity contribution in [3.05, 3.63) is 29.8 Å². The van der Waals surface area contributed by atoms with Gasteiger partial charge in [-0.3, -0.25) is 0 Å². The van der Waals surface area contributed by atoms with Crippen molar-refractivity contribution < 1.29 is 9.47 Å². The zero-order chi connectivity index (χ0) is 13.2. The lowest BCUT2D eigenvalue weighted by Gasteiger charge is -2.16. The fourth-order valence-electron chi connectivity index (χ4n) is 1.59. The molecule has 0 aliphatic carbocycles. The van der Waals surface area contributed by atoms with Crippen molar-refractivity contribution in [3.63, 3.8) is 0 Å². The highest BCUT2D eigenvalue weighted by Gasteiger charge is 2.02. The van der Waals surface area contributed by atoms with Crippen LogP contribution >= 0.6 is 0 Å². The summed E-state index contributed by atoms with van der Waals surface area (Å²) in [5.41, 5.74) is 0.583. The van der Waals surface area contributed by atoms with Crippen molar-refractivity contribution in [2.75, 3.05) is 40.5 Å². The van der Waals surface area contributed by atoms with Crippen LogP contribution < -0.4 is 4.74 Å². The van der Waals surface area contributed by atoms with Crippen LogP contribution in [0.15, 0.2) is 24.3 Å². The molecule has 98 valence electrons. The van der Waals surface area contributed by atoms with Gasteiger partial charge in [-0.25, -0.2) is 0 Å². The summed E-state index contributed by atoms with van der Waals surface area (Å²) in [7, 11) is 3.76. The van der Waals surface area contributed by atoms with Crippen LogP contribution in [0.5, 0.6) is 5.75 Å². The van der Waals surface area contributed by atoms with E-state index in [4.69, 9.17) is 14.7 Å². The van der Waals surface area contributed by atoms with E-state index in [0.29, 0.717) is 17.9 Å². The fourth-order valence-corrected chi connectivity index (χ4v) is 1.59. The Balaban J connectivity index is 2.27. The topological polar surface area (TPSA) is 45.5 Å². The Morgan fingerprint density at radius 2 is 2.00 bits per heavy atom. The van der Waals surface area contributed by atoms with Crippen molar-refractivity contribution in [3.8, 4) is 11.8 Å². The van der Waals surface area contributed by atoms with Gasteiger partial charge in [0.1, 0.15) is 18.4 Å². The van der Waals surface area contributed by atoms with Crippen molar-refractivity contribution in [2.45, 2.75) is 6.42 Å². The Hall–Kier alpha value is -1.57. The van der Waals surface area contributed by atoms with Gasteiger partial charge in [-0.2, -0.15) is 5.26 Å². The van der Waals surface area contributed by atoms with Crippen LogP contribution in [0.3, 0.4) is 0 Å². The van der Waals surface area contributed by atoms with Gasteiger partial charge in [0.15, 0.2) is 0 Å². The van der Waals surface area contributed by atoms with Gasteiger partial charge >= 0.3 is 0 Å². The van der Waals surface area contributed by atoms with Crippen LogP contribution in [0.1, 0.15) is 12.0 Å². The zero-order valence-corrected chi connectivity index (χ0v) is 11.1. The number of nitriles is 1. The van der Waals surface area contributed by atoms with Crippen LogP contribution in [0.4, 0.5) is 0 Å². The summed E-state index contributed by atoms with van der Waals surface area (Å²) in [6.07, 6.45) is 1.02. The first-order valence-electron chi connectivity index (χ1n) is 6.07. The Labute approximate surface area is 109 Å². The third-order valence-electron chi connectivity index (χ3n) is 2.63. The monoisotopic (exact) mass is 248 g/mol. The molecule has 0 saturated carbocycles. The third kappa shape index (κ3) is 5.17. The molecule has 0 unspecified atom stereocenters. The molecule has 1 aromatic rings. The number of para-hydroxylation sites is 1. The quantitative estimate of drug-likeness (QED) is 0.659. The predicted octanol–water partition coefficient (Wildman–Crippen LogP) is 1.91. The second-order valence-electron chi connectivity index (χ2n) is 4.11. The number of rotatable bonds is 8. The molecule has 0 atom stereocenters. The van der Waals surface area contributed by atoms with Crippen molar-refractivity contribution >= 4 is 0 Å². The van der Waals surface area contributed by atoms with Crippen molar-refractivity contribution in [2.24, 2.45) is 0 Å². The van der Waals surface area contributed by atoms with E-state index in [1.54, 1.807) is 13.2 Å². The Morgan fingerprint density at radius 3 is 2.72 bits per heavy atom. The van der Waals surface area contributed by atoms with E-state index in [0.717, 1.165) is 26.1 Å². The molecule has 0 bridgehead atoms. The Kier molecular flexibility index (Phi) is 6.85. The van der Waals surface area contributed by atoms with E-state index >= 15 is 0 Å². The normalized spacial score (nSPS) is 10.3. The van der Waals surface area contributed by atoms with Crippen LogP contribution in [-0.4, -0.2) is 45.4 Å². The Morgan fingerprint density at radius 1 is 1.22 bits per heavy atom. The summed E-state index contributed by atoms with van der Waals surface area (Å²) in [4.78, 5) is 2.19. The molecule has 4 heteroatoms. The predicted molar refractivity (Wildman–Crippen MR) is 70.6 cm³/mol. The van der Waals surface area contributed by atoms with E-state index < -0.39 is 0 Å². The molecule has 0 radical (unpaired) electrons. The summed E-state index contributed by atoms with van der Waals surface area (Å²) in [5, 5.41) is 8.92. The first kappa shape index (κ1) is 14.5. The second-order valence-corrected chi connectivity index (χ2v) is 4.11. The lowest BCUT2D eigenvalue weighted by atomic mass is 10.2. The van der Waals surface area contributed by atoms with Crippen LogP contribution in [0, 0.1) is 11.3 Å². The van der Waals surface area contributed by atoms with Crippen LogP contribution in [0.25, 0.3) is 0 Å². The van der Waals surface area contributed by atoms with Gasteiger partial charge in [-0.1, -0.05) is 12.1 Å². The van der Waals surface area contributed by atoms with Crippen LogP contribution in [0.2, 0.25) is 0 Å². The summed E-state index contributed by atoms with van der Waals surface area (Å²) in [6.45, 7) is 3.19. The summed E-state index contributed by atoms with van der Waals surface area (Å²) in [5.74, 6) is 0.658. The minimum atomic E-state index is 0.583. The maximum atomic E-state index is 8.92. The average molecular weight is 248 g/mol. The molecule has 0 aliphatic heterocycles. The molecule has 18 heavy (non-hydrogen) atoms. The number of hydrogen-bond acceptors (Lipinski definition) is 4. The first-order chi connectivity index (χ1) is 8.77.